The van der Waals surface area contributed by atoms with Crippen molar-refractivity contribution in [3.63, 3.8) is 0 Å². The van der Waals surface area contributed by atoms with Crippen LogP contribution < -0.4 is 5.32 Å². The topological polar surface area (TPSA) is 84.9 Å². The zero-order valence-corrected chi connectivity index (χ0v) is 21.5. The van der Waals surface area contributed by atoms with Crippen LogP contribution in [-0.2, 0) is 15.9 Å². The Kier molecular flexibility index (Phi) is 22.9. The van der Waals surface area contributed by atoms with E-state index < -0.39 is 0 Å². The summed E-state index contributed by atoms with van der Waals surface area (Å²) in [6.45, 7) is 20.2. The molecular weight excluding hydrogens is 394 g/mol. The van der Waals surface area contributed by atoms with Crippen LogP contribution in [0.15, 0.2) is 24.3 Å². The number of hydrogen-bond acceptors (Lipinski definition) is 5. The van der Waals surface area contributed by atoms with Gasteiger partial charge in [-0.25, -0.2) is 9.59 Å². The molecule has 1 unspecified atom stereocenters. The third kappa shape index (κ3) is 21.0. The number of esters is 1. The number of amides is 1. The molecule has 1 aromatic rings. The Labute approximate surface area is 190 Å². The number of nitrogens with one attached hydrogen (secondary N) is 1. The SMILES string of the molecule is CC.CC.CCCC(O)Cc1ccc(C(=O)OCC)cc1.CCNC(=O)OC(C)(C)C. The summed E-state index contributed by atoms with van der Waals surface area (Å²) < 4.78 is 9.83. The molecule has 31 heavy (non-hydrogen) atoms. The average molecular weight is 442 g/mol. The largest absolute Gasteiger partial charge is 0.462 e. The second-order valence-electron chi connectivity index (χ2n) is 7.10. The van der Waals surface area contributed by atoms with E-state index in [0.717, 1.165) is 18.4 Å². The lowest BCUT2D eigenvalue weighted by atomic mass is 10.0. The number of rotatable bonds is 7. The summed E-state index contributed by atoms with van der Waals surface area (Å²) in [6, 6.07) is 7.22. The van der Waals surface area contributed by atoms with Crippen molar-refractivity contribution in [2.24, 2.45) is 0 Å². The van der Waals surface area contributed by atoms with Crippen LogP contribution in [0.3, 0.4) is 0 Å². The third-order valence-corrected chi connectivity index (χ3v) is 3.28. The first-order valence-corrected chi connectivity index (χ1v) is 11.5. The summed E-state index contributed by atoms with van der Waals surface area (Å²) in [5.41, 5.74) is 1.21. The summed E-state index contributed by atoms with van der Waals surface area (Å²) in [7, 11) is 0. The molecule has 0 aliphatic carbocycles. The first-order valence-electron chi connectivity index (χ1n) is 11.5. The van der Waals surface area contributed by atoms with E-state index in [-0.39, 0.29) is 23.8 Å². The number of carbonyl (C=O) groups excluding carboxylic acids is 2. The number of aliphatic hydroxyl groups excluding tert-OH is 1. The lowest BCUT2D eigenvalue weighted by Crippen LogP contribution is -2.32. The Morgan fingerprint density at radius 1 is 1.00 bits per heavy atom. The van der Waals surface area contributed by atoms with Gasteiger partial charge >= 0.3 is 12.1 Å². The molecule has 182 valence electrons. The zero-order chi connectivity index (χ0) is 24.9. The van der Waals surface area contributed by atoms with Crippen molar-refractivity contribution in [2.75, 3.05) is 13.2 Å². The number of ether oxygens (including phenoxy) is 2. The molecule has 6 heteroatoms. The molecule has 0 radical (unpaired) electrons. The van der Waals surface area contributed by atoms with Crippen LogP contribution >= 0.6 is 0 Å². The van der Waals surface area contributed by atoms with E-state index in [2.05, 4.69) is 5.32 Å². The first kappa shape index (κ1) is 33.6. The van der Waals surface area contributed by atoms with Crippen molar-refractivity contribution in [1.29, 1.82) is 0 Å². The molecule has 1 rings (SSSR count). The Morgan fingerprint density at radius 3 is 1.90 bits per heavy atom. The monoisotopic (exact) mass is 441 g/mol. The minimum atomic E-state index is -0.390. The molecule has 1 atom stereocenters. The van der Waals surface area contributed by atoms with E-state index in [1.54, 1.807) is 19.1 Å². The maximum atomic E-state index is 11.4. The van der Waals surface area contributed by atoms with E-state index in [1.807, 2.05) is 74.4 Å². The first-order chi connectivity index (χ1) is 14.6. The van der Waals surface area contributed by atoms with Crippen LogP contribution in [0.4, 0.5) is 4.79 Å². The van der Waals surface area contributed by atoms with Gasteiger partial charge in [0.15, 0.2) is 0 Å². The van der Waals surface area contributed by atoms with Gasteiger partial charge in [-0.15, -0.1) is 0 Å². The van der Waals surface area contributed by atoms with Gasteiger partial charge in [0.05, 0.1) is 18.3 Å². The Bertz CT molecular complexity index is 550. The summed E-state index contributed by atoms with van der Waals surface area (Å²) in [5.74, 6) is -0.298. The molecule has 0 heterocycles. The van der Waals surface area contributed by atoms with Crippen molar-refractivity contribution in [2.45, 2.75) is 100 Å². The van der Waals surface area contributed by atoms with E-state index in [1.165, 1.54) is 0 Å². The molecule has 0 fully saturated rings. The maximum Gasteiger partial charge on any atom is 0.407 e. The third-order valence-electron chi connectivity index (χ3n) is 3.28. The van der Waals surface area contributed by atoms with Gasteiger partial charge in [0.2, 0.25) is 0 Å². The molecule has 0 saturated carbocycles. The molecule has 1 amide bonds. The second kappa shape index (κ2) is 21.2. The van der Waals surface area contributed by atoms with Gasteiger partial charge in [0.1, 0.15) is 5.60 Å². The fourth-order valence-corrected chi connectivity index (χ4v) is 2.16. The molecule has 0 saturated heterocycles. The number of hydrogen-bond donors (Lipinski definition) is 2. The molecule has 2 N–H and O–H groups in total. The van der Waals surface area contributed by atoms with Crippen molar-refractivity contribution < 1.29 is 24.2 Å². The molecular formula is C25H47NO5. The van der Waals surface area contributed by atoms with E-state index in [4.69, 9.17) is 9.47 Å². The second-order valence-corrected chi connectivity index (χ2v) is 7.10. The molecule has 6 nitrogen and oxygen atoms in total. The maximum absolute atomic E-state index is 11.4. The molecule has 0 aliphatic heterocycles. The van der Waals surface area contributed by atoms with Gasteiger partial charge in [0, 0.05) is 6.54 Å². The lowest BCUT2D eigenvalue weighted by Gasteiger charge is -2.19. The van der Waals surface area contributed by atoms with Crippen LogP contribution in [0.2, 0.25) is 0 Å². The van der Waals surface area contributed by atoms with Crippen LogP contribution in [0.25, 0.3) is 0 Å². The molecule has 0 aliphatic rings. The predicted molar refractivity (Wildman–Crippen MR) is 130 cm³/mol. The summed E-state index contributed by atoms with van der Waals surface area (Å²) >= 11 is 0. The van der Waals surface area contributed by atoms with Gasteiger partial charge in [-0.2, -0.15) is 0 Å². The zero-order valence-electron chi connectivity index (χ0n) is 21.5. The molecule has 0 spiro atoms. The van der Waals surface area contributed by atoms with Crippen molar-refractivity contribution in [3.05, 3.63) is 35.4 Å². The minimum Gasteiger partial charge on any atom is -0.462 e. The van der Waals surface area contributed by atoms with Gasteiger partial charge in [0.25, 0.3) is 0 Å². The minimum absolute atomic E-state index is 0.298. The van der Waals surface area contributed by atoms with Crippen LogP contribution in [-0.4, -0.2) is 42.0 Å². The highest BCUT2D eigenvalue weighted by atomic mass is 16.6. The van der Waals surface area contributed by atoms with E-state index in [0.29, 0.717) is 25.1 Å². The van der Waals surface area contributed by atoms with Gasteiger partial charge in [-0.3, -0.25) is 0 Å². The normalized spacial score (nSPS) is 10.5. The summed E-state index contributed by atoms with van der Waals surface area (Å²) in [6.07, 6.45) is 1.77. The van der Waals surface area contributed by atoms with Gasteiger partial charge < -0.3 is 19.9 Å². The van der Waals surface area contributed by atoms with Crippen LogP contribution in [0, 0.1) is 0 Å². The fraction of sp³-hybridized carbons (Fsp3) is 0.680. The Morgan fingerprint density at radius 2 is 1.52 bits per heavy atom. The average Bonchev–Trinajstić information content (AvgIpc) is 2.71. The number of aliphatic hydroxyl groups is 1. The lowest BCUT2D eigenvalue weighted by molar-refractivity contribution is 0.0517. The van der Waals surface area contributed by atoms with Crippen molar-refractivity contribution in [1.82, 2.24) is 5.32 Å². The predicted octanol–water partition coefficient (Wildman–Crippen LogP) is 6.15. The highest BCUT2D eigenvalue weighted by Gasteiger charge is 2.14. The highest BCUT2D eigenvalue weighted by Crippen LogP contribution is 2.10. The Hall–Kier alpha value is -2.08. The summed E-state index contributed by atoms with van der Waals surface area (Å²) in [4.78, 5) is 22.1. The smallest absolute Gasteiger partial charge is 0.407 e. The number of alkyl carbamates (subject to hydrolysis) is 1. The number of benzene rings is 1. The molecule has 0 bridgehead atoms. The number of carbonyl (C=O) groups is 2. The quantitative estimate of drug-likeness (QED) is 0.496. The van der Waals surface area contributed by atoms with E-state index in [9.17, 15) is 14.7 Å². The van der Waals surface area contributed by atoms with Gasteiger partial charge in [-0.05, 0) is 65.2 Å². The highest BCUT2D eigenvalue weighted by molar-refractivity contribution is 5.89. The van der Waals surface area contributed by atoms with E-state index >= 15 is 0 Å². The standard InChI is InChI=1S/C14H20O3.C7H15NO2.2C2H6/c1-3-5-13(15)10-11-6-8-12(9-7-11)14(16)17-4-2;1-5-8-6(9)10-7(2,3)4;2*1-2/h6-9,13,15H,3-5,10H2,1-2H3;5H2,1-4H3,(H,8,9);2*1-2H3. The van der Waals surface area contributed by atoms with Gasteiger partial charge in [-0.1, -0.05) is 53.2 Å². The fourth-order valence-electron chi connectivity index (χ4n) is 2.16. The van der Waals surface area contributed by atoms with Crippen LogP contribution in [0.1, 0.15) is 98.0 Å². The molecule has 0 aromatic heterocycles. The summed E-state index contributed by atoms with van der Waals surface area (Å²) in [5, 5.41) is 12.2. The van der Waals surface area contributed by atoms with Crippen molar-refractivity contribution >= 4 is 12.1 Å². The molecule has 1 aromatic carbocycles. The Balaban J connectivity index is -0.000000479. The van der Waals surface area contributed by atoms with Crippen LogP contribution in [0.5, 0.6) is 0 Å². The van der Waals surface area contributed by atoms with Crippen molar-refractivity contribution in [3.8, 4) is 0 Å².